The maximum Gasteiger partial charge on any atom is 0.0707 e. The summed E-state index contributed by atoms with van der Waals surface area (Å²) < 4.78 is 3.75. The van der Waals surface area contributed by atoms with Crippen LogP contribution in [0.15, 0.2) is 188 Å². The SMILES string of the molecule is C1=CC(C2=CC(c3ccncc3)=CC(c3ccc(-n4c5ccccc5c5c6sc(-c7ccccc7)c(-c7ccccc7)c6ccc54)cc3)N2)=CCN1. The monoisotopic (exact) mass is 686 g/mol. The van der Waals surface area contributed by atoms with Crippen molar-refractivity contribution in [2.75, 3.05) is 6.54 Å². The van der Waals surface area contributed by atoms with Crippen molar-refractivity contribution >= 4 is 48.8 Å². The standard InChI is InChI=1S/C47H34N4S/c1-3-9-34(10-4-1)44-39-19-20-43-45(47(39)52-46(44)35-11-5-2-6-12-35)38-13-7-8-14-42(38)51(43)37-17-15-32(16-18-37)40-29-36(31-21-25-48-26-22-31)30-41(50-40)33-23-27-49-28-24-33/h1-27,29-30,40,49-50H,28H2. The van der Waals surface area contributed by atoms with Crippen LogP contribution in [-0.4, -0.2) is 16.1 Å². The zero-order valence-corrected chi connectivity index (χ0v) is 29.1. The third-order valence-corrected chi connectivity index (χ3v) is 11.5. The molecule has 5 aromatic carbocycles. The smallest absolute Gasteiger partial charge is 0.0707 e. The summed E-state index contributed by atoms with van der Waals surface area (Å²) in [5.41, 5.74) is 13.2. The topological polar surface area (TPSA) is 41.9 Å². The number of nitrogens with one attached hydrogen (secondary N) is 2. The molecule has 0 saturated heterocycles. The summed E-state index contributed by atoms with van der Waals surface area (Å²) in [6.07, 6.45) is 14.7. The molecule has 0 fully saturated rings. The highest BCUT2D eigenvalue weighted by Crippen LogP contribution is 2.49. The molecule has 1 atom stereocenters. The Hall–Kier alpha value is -6.43. The highest BCUT2D eigenvalue weighted by Gasteiger charge is 2.23. The first kappa shape index (κ1) is 30.4. The summed E-state index contributed by atoms with van der Waals surface area (Å²) in [7, 11) is 0. The number of pyridine rings is 1. The van der Waals surface area contributed by atoms with Gasteiger partial charge < -0.3 is 15.2 Å². The van der Waals surface area contributed by atoms with Crippen LogP contribution in [0.1, 0.15) is 17.2 Å². The molecule has 8 aromatic rings. The first-order valence-corrected chi connectivity index (χ1v) is 18.5. The Morgan fingerprint density at radius 3 is 2.17 bits per heavy atom. The summed E-state index contributed by atoms with van der Waals surface area (Å²) in [6, 6.07) is 48.4. The van der Waals surface area contributed by atoms with Crippen LogP contribution in [0.25, 0.3) is 64.7 Å². The van der Waals surface area contributed by atoms with Gasteiger partial charge in [0.15, 0.2) is 0 Å². The van der Waals surface area contributed by atoms with Gasteiger partial charge in [0.25, 0.3) is 0 Å². The Kier molecular flexibility index (Phi) is 7.43. The van der Waals surface area contributed by atoms with Crippen LogP contribution in [-0.2, 0) is 0 Å². The summed E-state index contributed by atoms with van der Waals surface area (Å²) in [5, 5.41) is 11.0. The molecule has 2 N–H and O–H groups in total. The van der Waals surface area contributed by atoms with Gasteiger partial charge in [0, 0.05) is 61.6 Å². The third kappa shape index (κ3) is 5.17. The molecule has 5 heterocycles. The number of nitrogens with zero attached hydrogens (tertiary/aromatic N) is 2. The van der Waals surface area contributed by atoms with E-state index in [0.717, 1.165) is 23.5 Å². The average Bonchev–Trinajstić information content (AvgIpc) is 3.78. The van der Waals surface area contributed by atoms with E-state index in [1.807, 2.05) is 29.9 Å². The quantitative estimate of drug-likeness (QED) is 0.183. The van der Waals surface area contributed by atoms with Crippen molar-refractivity contribution < 1.29 is 0 Å². The van der Waals surface area contributed by atoms with Crippen molar-refractivity contribution in [2.24, 2.45) is 0 Å². The van der Waals surface area contributed by atoms with Crippen molar-refractivity contribution in [2.45, 2.75) is 6.04 Å². The molecule has 0 radical (unpaired) electrons. The summed E-state index contributed by atoms with van der Waals surface area (Å²) >= 11 is 1.91. The van der Waals surface area contributed by atoms with Gasteiger partial charge >= 0.3 is 0 Å². The van der Waals surface area contributed by atoms with E-state index >= 15 is 0 Å². The molecule has 5 heteroatoms. The van der Waals surface area contributed by atoms with E-state index in [4.69, 9.17) is 0 Å². The van der Waals surface area contributed by atoms with Crippen molar-refractivity contribution in [3.8, 4) is 27.3 Å². The fourth-order valence-electron chi connectivity index (χ4n) is 7.76. The van der Waals surface area contributed by atoms with Crippen LogP contribution < -0.4 is 10.6 Å². The molecular weight excluding hydrogens is 653 g/mol. The number of dihydropyridines is 2. The van der Waals surface area contributed by atoms with Gasteiger partial charge in [-0.1, -0.05) is 103 Å². The second-order valence-corrected chi connectivity index (χ2v) is 14.3. The van der Waals surface area contributed by atoms with Crippen molar-refractivity contribution in [1.29, 1.82) is 0 Å². The molecule has 52 heavy (non-hydrogen) atoms. The van der Waals surface area contributed by atoms with Gasteiger partial charge in [0.05, 0.1) is 17.1 Å². The molecule has 0 aliphatic carbocycles. The minimum atomic E-state index is 0.0121. The molecule has 2 aliphatic heterocycles. The molecule has 3 aromatic heterocycles. The van der Waals surface area contributed by atoms with Crippen molar-refractivity contribution in [3.63, 3.8) is 0 Å². The number of thiophene rings is 1. The predicted octanol–water partition coefficient (Wildman–Crippen LogP) is 11.4. The number of hydrogen-bond donors (Lipinski definition) is 2. The maximum absolute atomic E-state index is 4.26. The molecule has 0 spiro atoms. The van der Waals surface area contributed by atoms with Gasteiger partial charge in [-0.25, -0.2) is 0 Å². The number of fused-ring (bicyclic) bond motifs is 5. The first-order chi connectivity index (χ1) is 25.8. The van der Waals surface area contributed by atoms with E-state index in [1.165, 1.54) is 70.2 Å². The normalized spacial score (nSPS) is 15.6. The molecular formula is C47H34N4S. The Morgan fingerprint density at radius 1 is 0.654 bits per heavy atom. The number of allylic oxidation sites excluding steroid dienone is 3. The van der Waals surface area contributed by atoms with E-state index < -0.39 is 0 Å². The maximum atomic E-state index is 4.26. The second-order valence-electron chi connectivity index (χ2n) is 13.3. The average molecular weight is 687 g/mol. The first-order valence-electron chi connectivity index (χ1n) is 17.7. The van der Waals surface area contributed by atoms with Crippen molar-refractivity contribution in [3.05, 3.63) is 199 Å². The molecule has 0 saturated carbocycles. The highest BCUT2D eigenvalue weighted by atomic mass is 32.1. The van der Waals surface area contributed by atoms with E-state index in [-0.39, 0.29) is 6.04 Å². The van der Waals surface area contributed by atoms with E-state index in [0.29, 0.717) is 0 Å². The zero-order valence-electron chi connectivity index (χ0n) is 28.3. The van der Waals surface area contributed by atoms with E-state index in [9.17, 15) is 0 Å². The molecule has 4 nitrogen and oxygen atoms in total. The number of para-hydroxylation sites is 1. The fourth-order valence-corrected chi connectivity index (χ4v) is 9.14. The third-order valence-electron chi connectivity index (χ3n) is 10.2. The molecule has 1 unspecified atom stereocenters. The van der Waals surface area contributed by atoms with Crippen LogP contribution in [0.4, 0.5) is 0 Å². The summed E-state index contributed by atoms with van der Waals surface area (Å²) in [4.78, 5) is 5.56. The number of hydrogen-bond acceptors (Lipinski definition) is 4. The van der Waals surface area contributed by atoms with Gasteiger partial charge in [-0.3, -0.25) is 4.98 Å². The van der Waals surface area contributed by atoms with Gasteiger partial charge in [-0.15, -0.1) is 11.3 Å². The van der Waals surface area contributed by atoms with Crippen molar-refractivity contribution in [1.82, 2.24) is 20.2 Å². The largest absolute Gasteiger partial charge is 0.387 e. The van der Waals surface area contributed by atoms with Crippen LogP contribution in [0, 0.1) is 0 Å². The van der Waals surface area contributed by atoms with E-state index in [1.54, 1.807) is 0 Å². The lowest BCUT2D eigenvalue weighted by atomic mass is 9.93. The van der Waals surface area contributed by atoms with Crippen LogP contribution >= 0.6 is 11.3 Å². The lowest BCUT2D eigenvalue weighted by molar-refractivity contribution is 0.714. The highest BCUT2D eigenvalue weighted by molar-refractivity contribution is 7.24. The Labute approximate surface area is 306 Å². The van der Waals surface area contributed by atoms with Gasteiger partial charge in [-0.2, -0.15) is 0 Å². The second kappa shape index (κ2) is 12.7. The van der Waals surface area contributed by atoms with Crippen LogP contribution in [0.3, 0.4) is 0 Å². The Morgan fingerprint density at radius 2 is 1.40 bits per heavy atom. The molecule has 248 valence electrons. The van der Waals surface area contributed by atoms with Gasteiger partial charge in [0.1, 0.15) is 0 Å². The minimum Gasteiger partial charge on any atom is -0.387 e. The lowest BCUT2D eigenvalue weighted by Crippen LogP contribution is -2.24. The molecule has 0 amide bonds. The molecule has 10 rings (SSSR count). The number of rotatable bonds is 6. The lowest BCUT2D eigenvalue weighted by Gasteiger charge is -2.27. The Bertz CT molecular complexity index is 2730. The van der Waals surface area contributed by atoms with Gasteiger partial charge in [0.2, 0.25) is 0 Å². The number of aromatic nitrogens is 2. The van der Waals surface area contributed by atoms with Crippen LogP contribution in [0.2, 0.25) is 0 Å². The summed E-state index contributed by atoms with van der Waals surface area (Å²) in [6.45, 7) is 0.816. The van der Waals surface area contributed by atoms with Gasteiger partial charge in [-0.05, 0) is 94.2 Å². The minimum absolute atomic E-state index is 0.0121. The zero-order chi connectivity index (χ0) is 34.4. The molecule has 2 aliphatic rings. The Balaban J connectivity index is 1.11. The predicted molar refractivity (Wildman–Crippen MR) is 218 cm³/mol. The molecule has 0 bridgehead atoms. The van der Waals surface area contributed by atoms with Crippen LogP contribution in [0.5, 0.6) is 0 Å². The number of benzene rings is 5. The van der Waals surface area contributed by atoms with E-state index in [2.05, 4.69) is 178 Å². The fraction of sp³-hybridized carbons (Fsp3) is 0.0426. The summed E-state index contributed by atoms with van der Waals surface area (Å²) in [5.74, 6) is 0.